The van der Waals surface area contributed by atoms with Crippen molar-refractivity contribution < 1.29 is 16.5 Å². The molecular weight excluding hydrogens is 843 g/mol. The second-order valence-electron chi connectivity index (χ2n) is 12.8. The third kappa shape index (κ3) is 7.62. The number of fused-ring (bicyclic) bond motifs is 7. The molecule has 0 saturated carbocycles. The summed E-state index contributed by atoms with van der Waals surface area (Å²) in [5, 5.41) is 10.7. The van der Waals surface area contributed by atoms with Gasteiger partial charge in [-0.3, -0.25) is 0 Å². The molecule has 0 N–H and O–H groups in total. The summed E-state index contributed by atoms with van der Waals surface area (Å²) in [6.45, 7) is 8.44. The molecule has 8 aromatic carbocycles. The van der Waals surface area contributed by atoms with Gasteiger partial charge in [0.25, 0.3) is 0 Å². The zero-order valence-electron chi connectivity index (χ0n) is 28.9. The standard InChI is InChI=1S/2C24H18.2ClH.Pt/c1-15-3-7-19-17(13-15)5-9-23-21(19)11-12-22-20-8-4-16(2)14-18(20)6-10-24(22)23;1-5-21-22(6-2)24(20-13-9-18(4)10-14-20)16-15-23(21)19-11-7-17(3)8-12-19;;;/h3-14H,1-2H3;1-2,7-16H,3-4H3;2*1H;/q;;;;+2/p-2. The van der Waals surface area contributed by atoms with E-state index in [0.717, 1.165) is 33.4 Å². The number of hydrogen-bond acceptors (Lipinski definition) is 0. The quantitative estimate of drug-likeness (QED) is 0.120. The maximum absolute atomic E-state index is 5.82. The van der Waals surface area contributed by atoms with Crippen LogP contribution in [0, 0.1) is 52.4 Å². The van der Waals surface area contributed by atoms with E-state index in [9.17, 15) is 0 Å². The second-order valence-corrected chi connectivity index (χ2v) is 16.1. The van der Waals surface area contributed by atoms with Gasteiger partial charge in [-0.2, -0.15) is 0 Å². The van der Waals surface area contributed by atoms with Gasteiger partial charge in [-0.05, 0) is 93.0 Å². The number of terminal acetylenes is 2. The first-order chi connectivity index (χ1) is 24.8. The number of halogens is 2. The van der Waals surface area contributed by atoms with E-state index < -0.39 is 16.5 Å². The molecule has 0 bridgehead atoms. The summed E-state index contributed by atoms with van der Waals surface area (Å²) in [4.78, 5) is 0. The summed E-state index contributed by atoms with van der Waals surface area (Å²) in [6.07, 6.45) is 11.6. The minimum atomic E-state index is -0.472. The van der Waals surface area contributed by atoms with Crippen molar-refractivity contribution in [1.82, 2.24) is 0 Å². The van der Waals surface area contributed by atoms with Gasteiger partial charge in [0, 0.05) is 11.1 Å². The number of aryl methyl sites for hydroxylation is 4. The van der Waals surface area contributed by atoms with Crippen LogP contribution >= 0.6 is 18.8 Å². The van der Waals surface area contributed by atoms with Gasteiger partial charge < -0.3 is 0 Å². The van der Waals surface area contributed by atoms with Gasteiger partial charge in [-0.1, -0.05) is 168 Å². The van der Waals surface area contributed by atoms with Gasteiger partial charge in [0.1, 0.15) is 0 Å². The van der Waals surface area contributed by atoms with E-state index in [1.54, 1.807) is 0 Å². The molecule has 0 saturated heterocycles. The van der Waals surface area contributed by atoms with Gasteiger partial charge >= 0.3 is 35.3 Å². The number of benzene rings is 8. The molecule has 0 amide bonds. The maximum atomic E-state index is 5.82. The molecule has 0 atom stereocenters. The fourth-order valence-corrected chi connectivity index (χ4v) is 6.79. The Kier molecular flexibility index (Phi) is 11.3. The van der Waals surface area contributed by atoms with Gasteiger partial charge in [0.05, 0.1) is 0 Å². The normalized spacial score (nSPS) is 10.7. The van der Waals surface area contributed by atoms with Crippen LogP contribution in [0.25, 0.3) is 65.3 Å². The van der Waals surface area contributed by atoms with E-state index in [1.807, 2.05) is 0 Å². The molecule has 0 unspecified atom stereocenters. The zero-order valence-corrected chi connectivity index (χ0v) is 32.7. The van der Waals surface area contributed by atoms with Gasteiger partial charge in [-0.15, -0.1) is 12.8 Å². The number of rotatable bonds is 2. The molecule has 8 aromatic rings. The van der Waals surface area contributed by atoms with E-state index in [-0.39, 0.29) is 0 Å². The fourth-order valence-electron chi connectivity index (χ4n) is 6.79. The van der Waals surface area contributed by atoms with Crippen LogP contribution in [0.3, 0.4) is 0 Å². The first-order valence-electron chi connectivity index (χ1n) is 16.6. The topological polar surface area (TPSA) is 0 Å². The molecule has 0 aliphatic carbocycles. The third-order valence-electron chi connectivity index (χ3n) is 9.36. The Hall–Kier alpha value is -4.81. The van der Waals surface area contributed by atoms with Crippen LogP contribution in [0.5, 0.6) is 0 Å². The molecule has 0 heterocycles. The van der Waals surface area contributed by atoms with Crippen LogP contribution in [-0.2, 0) is 16.5 Å². The van der Waals surface area contributed by atoms with Crippen molar-refractivity contribution in [3.8, 4) is 46.9 Å². The Balaban J connectivity index is 0.000000163. The fraction of sp³-hybridized carbons (Fsp3) is 0.0833. The minimum absolute atomic E-state index is 0.472. The monoisotopic (exact) mass is 877 g/mol. The molecule has 0 spiro atoms. The molecule has 0 aliphatic rings. The van der Waals surface area contributed by atoms with E-state index in [4.69, 9.17) is 31.7 Å². The van der Waals surface area contributed by atoms with E-state index in [2.05, 4.69) is 173 Å². The van der Waals surface area contributed by atoms with Crippen molar-refractivity contribution in [1.29, 1.82) is 0 Å². The van der Waals surface area contributed by atoms with Crippen molar-refractivity contribution in [3.05, 3.63) is 167 Å². The Morgan fingerprint density at radius 3 is 1.04 bits per heavy atom. The van der Waals surface area contributed by atoms with Crippen molar-refractivity contribution in [2.45, 2.75) is 27.7 Å². The van der Waals surface area contributed by atoms with Crippen LogP contribution in [-0.4, -0.2) is 0 Å². The van der Waals surface area contributed by atoms with Crippen LogP contribution in [0.15, 0.2) is 133 Å². The molecule has 51 heavy (non-hydrogen) atoms. The molecule has 0 nitrogen and oxygen atoms in total. The van der Waals surface area contributed by atoms with E-state index in [0.29, 0.717) is 0 Å². The molecule has 0 aliphatic heterocycles. The van der Waals surface area contributed by atoms with Crippen molar-refractivity contribution in [2.24, 2.45) is 0 Å². The van der Waals surface area contributed by atoms with E-state index >= 15 is 0 Å². The van der Waals surface area contributed by atoms with Gasteiger partial charge in [0.2, 0.25) is 0 Å². The predicted octanol–water partition coefficient (Wildman–Crippen LogP) is 13.9. The number of hydrogen-bond donors (Lipinski definition) is 0. The molecule has 0 aromatic heterocycles. The zero-order chi connectivity index (χ0) is 36.1. The Bertz CT molecular complexity index is 2440. The molecule has 0 radical (unpaired) electrons. The summed E-state index contributed by atoms with van der Waals surface area (Å²) in [6, 6.07) is 47.9. The first kappa shape index (κ1) is 36.0. The first-order valence-corrected chi connectivity index (χ1v) is 22.2. The molecule has 3 heteroatoms. The van der Waals surface area contributed by atoms with E-state index in [1.165, 1.54) is 65.3 Å². The average Bonchev–Trinajstić information content (AvgIpc) is 3.14. The summed E-state index contributed by atoms with van der Waals surface area (Å²) in [5.41, 5.74) is 10.8. The molecular formula is C48H36Cl2Pt. The van der Waals surface area contributed by atoms with Crippen molar-refractivity contribution >= 4 is 61.9 Å². The van der Waals surface area contributed by atoms with Gasteiger partial charge in [0.15, 0.2) is 0 Å². The van der Waals surface area contributed by atoms with Gasteiger partial charge in [-0.25, -0.2) is 0 Å². The summed E-state index contributed by atoms with van der Waals surface area (Å²) >= 11 is -0.472. The summed E-state index contributed by atoms with van der Waals surface area (Å²) in [7, 11) is 9.75. The molecule has 0 fully saturated rings. The summed E-state index contributed by atoms with van der Waals surface area (Å²) in [5.74, 6) is 5.61. The Morgan fingerprint density at radius 1 is 0.392 bits per heavy atom. The molecule has 252 valence electrons. The van der Waals surface area contributed by atoms with Crippen molar-refractivity contribution in [2.75, 3.05) is 0 Å². The molecule has 8 rings (SSSR count). The van der Waals surface area contributed by atoms with Crippen LogP contribution in [0.4, 0.5) is 0 Å². The predicted molar refractivity (Wildman–Crippen MR) is 220 cm³/mol. The van der Waals surface area contributed by atoms with Crippen molar-refractivity contribution in [3.63, 3.8) is 0 Å². The van der Waals surface area contributed by atoms with Crippen LogP contribution in [0.1, 0.15) is 33.4 Å². The van der Waals surface area contributed by atoms with Crippen LogP contribution in [0.2, 0.25) is 0 Å². The Morgan fingerprint density at radius 2 is 0.686 bits per heavy atom. The average molecular weight is 879 g/mol. The third-order valence-corrected chi connectivity index (χ3v) is 9.36. The second kappa shape index (κ2) is 16.0. The van der Waals surface area contributed by atoms with Crippen LogP contribution < -0.4 is 0 Å². The summed E-state index contributed by atoms with van der Waals surface area (Å²) < 4.78 is 0. The SMILES string of the molecule is C#Cc1c(-c2ccc(C)cc2)ccc(-c2ccc(C)cc2)c1C#C.Cc1ccc2c(ccc3c2ccc2c4ccc(C)cc4ccc23)c1.[Cl][Pt][Cl]. The Labute approximate surface area is 317 Å².